The molecule has 2 aliphatic carbocycles. The van der Waals surface area contributed by atoms with Gasteiger partial charge in [-0.3, -0.25) is 0 Å². The van der Waals surface area contributed by atoms with Crippen LogP contribution in [0.4, 0.5) is 0 Å². The van der Waals surface area contributed by atoms with Crippen molar-refractivity contribution in [1.82, 2.24) is 0 Å². The van der Waals surface area contributed by atoms with Gasteiger partial charge in [0.15, 0.2) is 0 Å². The highest BCUT2D eigenvalue weighted by Gasteiger charge is 2.15. The summed E-state index contributed by atoms with van der Waals surface area (Å²) in [5, 5.41) is 9.60. The van der Waals surface area contributed by atoms with Crippen LogP contribution in [0, 0.1) is 7.14 Å². The predicted octanol–water partition coefficient (Wildman–Crippen LogP) is 6.14. The minimum absolute atomic E-state index is 0.247. The third-order valence-electron chi connectivity index (χ3n) is 4.39. The van der Waals surface area contributed by atoms with Gasteiger partial charge in [-0.05, 0) is 105 Å². The number of hydrogen-bond donors (Lipinski definition) is 1. The lowest BCUT2D eigenvalue weighted by atomic mass is 9.95. The van der Waals surface area contributed by atoms with Crippen LogP contribution in [-0.2, 0) is 4.74 Å². The number of fused-ring (bicyclic) bond motifs is 2. The van der Waals surface area contributed by atoms with Crippen LogP contribution in [0.3, 0.4) is 0 Å². The second-order valence-electron chi connectivity index (χ2n) is 6.06. The lowest BCUT2D eigenvalue weighted by Gasteiger charge is -2.20. The fourth-order valence-corrected chi connectivity index (χ4v) is 4.13. The molecule has 0 heterocycles. The fraction of sp³-hybridized carbons (Fsp3) is 0.238. The van der Waals surface area contributed by atoms with Crippen LogP contribution < -0.4 is 0 Å². The van der Waals surface area contributed by atoms with E-state index < -0.39 is 0 Å². The van der Waals surface area contributed by atoms with Crippen LogP contribution in [0.5, 0.6) is 0 Å². The molecule has 0 saturated heterocycles. The summed E-state index contributed by atoms with van der Waals surface area (Å²) in [5.74, 6) is 0. The van der Waals surface area contributed by atoms with Crippen LogP contribution >= 0.6 is 45.2 Å². The van der Waals surface area contributed by atoms with Crippen LogP contribution in [0.15, 0.2) is 48.6 Å². The Morgan fingerprint density at radius 2 is 1.44 bits per heavy atom. The normalized spacial score (nSPS) is 20.3. The first-order valence-corrected chi connectivity index (χ1v) is 10.4. The Morgan fingerprint density at radius 1 is 0.880 bits per heavy atom. The van der Waals surface area contributed by atoms with Gasteiger partial charge in [-0.15, -0.1) is 0 Å². The van der Waals surface area contributed by atoms with Gasteiger partial charge in [0.05, 0.1) is 12.2 Å². The number of methoxy groups -OCH3 is 1. The molecule has 0 radical (unpaired) electrons. The number of halogens is 2. The topological polar surface area (TPSA) is 29.5 Å². The number of hydrogen-bond acceptors (Lipinski definition) is 2. The number of benzene rings is 2. The van der Waals surface area contributed by atoms with Gasteiger partial charge in [0.1, 0.15) is 0 Å². The average Bonchev–Trinajstić information content (AvgIpc) is 2.61. The second kappa shape index (κ2) is 8.79. The van der Waals surface area contributed by atoms with Gasteiger partial charge in [0.25, 0.3) is 0 Å². The summed E-state index contributed by atoms with van der Waals surface area (Å²) in [6, 6.07) is 12.6. The maximum Gasteiger partial charge on any atom is 0.0861 e. The molecule has 130 valence electrons. The molecule has 0 saturated carbocycles. The lowest BCUT2D eigenvalue weighted by molar-refractivity contribution is 0.105. The predicted molar refractivity (Wildman–Crippen MR) is 120 cm³/mol. The fourth-order valence-electron chi connectivity index (χ4n) is 3.10. The largest absolute Gasteiger partial charge is 0.388 e. The highest BCUT2D eigenvalue weighted by atomic mass is 127. The molecule has 0 aromatic heterocycles. The summed E-state index contributed by atoms with van der Waals surface area (Å²) in [5.41, 5.74) is 4.81. The summed E-state index contributed by atoms with van der Waals surface area (Å²) in [6.07, 6.45) is 10.1. The van der Waals surface area contributed by atoms with Crippen molar-refractivity contribution < 1.29 is 9.84 Å². The van der Waals surface area contributed by atoms with Crippen molar-refractivity contribution in [1.29, 1.82) is 0 Å². The van der Waals surface area contributed by atoms with Crippen molar-refractivity contribution in [2.75, 3.05) is 7.11 Å². The van der Waals surface area contributed by atoms with Crippen molar-refractivity contribution >= 4 is 57.3 Å². The van der Waals surface area contributed by atoms with Crippen molar-refractivity contribution in [2.24, 2.45) is 0 Å². The molecule has 0 bridgehead atoms. The van der Waals surface area contributed by atoms with Gasteiger partial charge in [-0.2, -0.15) is 0 Å². The van der Waals surface area contributed by atoms with Crippen molar-refractivity contribution in [3.8, 4) is 0 Å². The van der Waals surface area contributed by atoms with Crippen molar-refractivity contribution in [3.05, 3.63) is 77.9 Å². The van der Waals surface area contributed by atoms with E-state index in [-0.39, 0.29) is 12.2 Å². The quantitative estimate of drug-likeness (QED) is 0.427. The maximum absolute atomic E-state index is 9.60. The van der Waals surface area contributed by atoms with Crippen molar-refractivity contribution in [3.63, 3.8) is 0 Å². The van der Waals surface area contributed by atoms with E-state index in [2.05, 4.69) is 87.7 Å². The van der Waals surface area contributed by atoms with Gasteiger partial charge >= 0.3 is 0 Å². The summed E-state index contributed by atoms with van der Waals surface area (Å²) in [7, 11) is 1.77. The molecule has 25 heavy (non-hydrogen) atoms. The minimum Gasteiger partial charge on any atom is -0.388 e. The first kappa shape index (κ1) is 19.1. The Hall–Kier alpha value is -0.700. The van der Waals surface area contributed by atoms with E-state index in [1.54, 1.807) is 7.11 Å². The zero-order valence-electron chi connectivity index (χ0n) is 14.0. The molecule has 0 amide bonds. The number of aliphatic hydroxyl groups excluding tert-OH is 1. The summed E-state index contributed by atoms with van der Waals surface area (Å²) in [6.45, 7) is 0. The molecule has 2 unspecified atom stereocenters. The number of aliphatic hydroxyl groups is 1. The zero-order chi connectivity index (χ0) is 17.8. The number of ether oxygens (including phenoxy) is 1. The maximum atomic E-state index is 9.60. The Labute approximate surface area is 176 Å². The third-order valence-corrected chi connectivity index (χ3v) is 5.73. The molecule has 2 aliphatic rings. The second-order valence-corrected chi connectivity index (χ2v) is 8.55. The van der Waals surface area contributed by atoms with Gasteiger partial charge in [0, 0.05) is 14.3 Å². The Morgan fingerprint density at radius 3 is 2.08 bits per heavy atom. The molecule has 0 aliphatic heterocycles. The van der Waals surface area contributed by atoms with Gasteiger partial charge in [-0.1, -0.05) is 36.4 Å². The summed E-state index contributed by atoms with van der Waals surface area (Å²) < 4.78 is 7.89. The molecule has 4 rings (SSSR count). The highest BCUT2D eigenvalue weighted by Crippen LogP contribution is 2.31. The number of rotatable bonds is 1. The monoisotopic (exact) mass is 558 g/mol. The molecular formula is C21H20I2O2. The van der Waals surface area contributed by atoms with E-state index in [4.69, 9.17) is 4.74 Å². The molecule has 4 heteroatoms. The first-order valence-electron chi connectivity index (χ1n) is 8.21. The van der Waals surface area contributed by atoms with E-state index in [1.807, 2.05) is 18.2 Å². The van der Waals surface area contributed by atoms with Crippen LogP contribution in [0.25, 0.3) is 12.2 Å². The zero-order valence-corrected chi connectivity index (χ0v) is 18.3. The average molecular weight is 558 g/mol. The highest BCUT2D eigenvalue weighted by molar-refractivity contribution is 14.1. The van der Waals surface area contributed by atoms with Crippen LogP contribution in [0.2, 0.25) is 0 Å². The van der Waals surface area contributed by atoms with Gasteiger partial charge < -0.3 is 9.84 Å². The molecule has 2 aromatic carbocycles. The molecule has 2 aromatic rings. The molecule has 1 N–H and O–H groups in total. The lowest BCUT2D eigenvalue weighted by Crippen LogP contribution is -2.05. The Kier molecular flexibility index (Phi) is 6.71. The van der Waals surface area contributed by atoms with E-state index in [0.717, 1.165) is 24.0 Å². The smallest absolute Gasteiger partial charge is 0.0861 e. The SMILES string of the molecule is COC1CC=Cc2cc(I)ccc21.OC1CC=Cc2cc(I)ccc21. The van der Waals surface area contributed by atoms with E-state index in [1.165, 1.54) is 18.3 Å². The van der Waals surface area contributed by atoms with E-state index in [9.17, 15) is 5.11 Å². The third kappa shape index (κ3) is 4.72. The molecular weight excluding hydrogens is 538 g/mol. The van der Waals surface area contributed by atoms with Crippen molar-refractivity contribution in [2.45, 2.75) is 25.0 Å². The van der Waals surface area contributed by atoms with Crippen LogP contribution in [0.1, 0.15) is 47.3 Å². The summed E-state index contributed by atoms with van der Waals surface area (Å²) >= 11 is 4.61. The molecule has 0 fully saturated rings. The Balaban J connectivity index is 0.000000146. The minimum atomic E-state index is -0.304. The first-order chi connectivity index (χ1) is 12.1. The van der Waals surface area contributed by atoms with Crippen LogP contribution in [-0.4, -0.2) is 12.2 Å². The molecule has 2 nitrogen and oxygen atoms in total. The standard InChI is InChI=1S/C11H11IO.C10H9IO/c1-13-11-4-2-3-8-7-9(12)5-6-10(8)11;11-8-4-5-9-7(6-8)2-1-3-10(9)12/h2-3,5-7,11H,4H2,1H3;1-2,4-6,10,12H,3H2. The van der Waals surface area contributed by atoms with E-state index in [0.29, 0.717) is 0 Å². The molecule has 0 spiro atoms. The Bertz CT molecular complexity index is 812. The van der Waals surface area contributed by atoms with Gasteiger partial charge in [0.2, 0.25) is 0 Å². The molecule has 2 atom stereocenters. The van der Waals surface area contributed by atoms with Gasteiger partial charge in [-0.25, -0.2) is 0 Å². The van der Waals surface area contributed by atoms with E-state index >= 15 is 0 Å². The summed E-state index contributed by atoms with van der Waals surface area (Å²) in [4.78, 5) is 0.